The van der Waals surface area contributed by atoms with Crippen molar-refractivity contribution in [1.82, 2.24) is 0 Å². The summed E-state index contributed by atoms with van der Waals surface area (Å²) in [4.78, 5) is 0. The molecule has 0 aliphatic rings. The van der Waals surface area contributed by atoms with Gasteiger partial charge in [0.15, 0.2) is 0 Å². The summed E-state index contributed by atoms with van der Waals surface area (Å²) in [6.07, 6.45) is -0.690. The summed E-state index contributed by atoms with van der Waals surface area (Å²) in [6.45, 7) is 0.138. The van der Waals surface area contributed by atoms with E-state index in [1.165, 1.54) is 0 Å². The Morgan fingerprint density at radius 3 is 2.00 bits per heavy atom. The van der Waals surface area contributed by atoms with Crippen LogP contribution in [0.15, 0.2) is 0 Å². The second-order valence-corrected chi connectivity index (χ2v) is 3.29. The highest BCUT2D eigenvalue weighted by molar-refractivity contribution is 4.47. The number of quaternary nitrogens is 1. The molecule has 9 heavy (non-hydrogen) atoms. The van der Waals surface area contributed by atoms with E-state index in [2.05, 4.69) is 0 Å². The second kappa shape index (κ2) is 3.15. The van der Waals surface area contributed by atoms with E-state index in [9.17, 15) is 5.11 Å². The number of rotatable bonds is 3. The maximum Gasteiger partial charge on any atom is 0.129 e. The maximum absolute atomic E-state index is 10.0. The lowest BCUT2D eigenvalue weighted by molar-refractivity contribution is -0.873. The van der Waals surface area contributed by atoms with Gasteiger partial charge in [0.2, 0.25) is 0 Å². The highest BCUT2D eigenvalue weighted by Crippen LogP contribution is 1.92. The molecule has 0 spiro atoms. The van der Waals surface area contributed by atoms with Gasteiger partial charge >= 0.3 is 0 Å². The molecule has 1 atom stereocenters. The molecule has 0 heterocycles. The Hall–Kier alpha value is -0.120. The summed E-state index contributed by atoms with van der Waals surface area (Å²) >= 11 is 0. The first-order valence-electron chi connectivity index (χ1n) is 3.02. The summed E-state index contributed by atoms with van der Waals surface area (Å²) in [5.74, 6) is 0. The fraction of sp³-hybridized carbons (Fsp3) is 1.00. The van der Waals surface area contributed by atoms with Crippen LogP contribution in [0, 0.1) is 0 Å². The first kappa shape index (κ1) is 8.88. The molecule has 0 fully saturated rings. The van der Waals surface area contributed by atoms with E-state index >= 15 is 0 Å². The van der Waals surface area contributed by atoms with Gasteiger partial charge in [-0.3, -0.25) is 0 Å². The van der Waals surface area contributed by atoms with E-state index in [0.29, 0.717) is 11.0 Å². The van der Waals surface area contributed by atoms with Gasteiger partial charge < -0.3 is 9.59 Å². The predicted molar refractivity (Wildman–Crippen MR) is 34.5 cm³/mol. The number of aliphatic hydroxyl groups is 1. The summed E-state index contributed by atoms with van der Waals surface area (Å²) in [5, 5.41) is 18.9. The molecule has 0 bridgehead atoms. The largest absolute Gasteiger partial charge is 0.385 e. The van der Waals surface area contributed by atoms with Gasteiger partial charge in [-0.25, -0.2) is 5.11 Å². The van der Waals surface area contributed by atoms with Crippen molar-refractivity contribution in [1.29, 1.82) is 0 Å². The number of likely N-dealkylation sites (N-methyl/N-ethyl adjacent to an activating group) is 1. The third-order valence-corrected chi connectivity index (χ3v) is 0.951. The van der Waals surface area contributed by atoms with Crippen molar-refractivity contribution in [2.45, 2.75) is 6.10 Å². The third kappa shape index (κ3) is 5.76. The smallest absolute Gasteiger partial charge is 0.129 e. The van der Waals surface area contributed by atoms with Crippen LogP contribution in [0.25, 0.3) is 0 Å². The van der Waals surface area contributed by atoms with Crippen molar-refractivity contribution >= 4 is 0 Å². The average molecular weight is 133 g/mol. The molecule has 3 nitrogen and oxygen atoms in total. The lowest BCUT2D eigenvalue weighted by Crippen LogP contribution is -2.42. The Bertz CT molecular complexity index is 77.6. The third-order valence-electron chi connectivity index (χ3n) is 0.951. The van der Waals surface area contributed by atoms with Crippen LogP contribution >= 0.6 is 0 Å². The quantitative estimate of drug-likeness (QED) is 0.517. The Balaban J connectivity index is 3.47. The van der Waals surface area contributed by atoms with Crippen molar-refractivity contribution in [3.05, 3.63) is 0 Å². The van der Waals surface area contributed by atoms with Gasteiger partial charge in [-0.15, -0.1) is 0 Å². The van der Waals surface area contributed by atoms with Gasteiger partial charge in [-0.2, -0.15) is 0 Å². The molecule has 0 aromatic heterocycles. The van der Waals surface area contributed by atoms with Crippen LogP contribution < -0.4 is 0 Å². The number of hydrogen-bond donors (Lipinski definition) is 1. The molecule has 1 unspecified atom stereocenters. The van der Waals surface area contributed by atoms with E-state index in [0.717, 1.165) is 0 Å². The van der Waals surface area contributed by atoms with E-state index in [4.69, 9.17) is 5.11 Å². The molecule has 0 rings (SSSR count). The highest BCUT2D eigenvalue weighted by Gasteiger charge is 2.13. The fourth-order valence-electron chi connectivity index (χ4n) is 0.685. The van der Waals surface area contributed by atoms with Crippen LogP contribution in [-0.4, -0.2) is 50.0 Å². The maximum atomic E-state index is 10.0. The molecule has 0 aromatic carbocycles. The average Bonchev–Trinajstić information content (AvgIpc) is 1.62. The molecule has 0 aromatic rings. The topological polar surface area (TPSA) is 40.1 Å². The normalized spacial score (nSPS) is 15.7. The zero-order chi connectivity index (χ0) is 7.49. The van der Waals surface area contributed by atoms with Gasteiger partial charge in [0, 0.05) is 0 Å². The zero-order valence-corrected chi connectivity index (χ0v) is 6.29. The fourth-order valence-corrected chi connectivity index (χ4v) is 0.685. The molecule has 0 aliphatic heterocycles. The van der Waals surface area contributed by atoms with Crippen molar-refractivity contribution < 1.29 is 14.7 Å². The number of aliphatic hydroxyl groups excluding tert-OH is 1. The van der Waals surface area contributed by atoms with Crippen LogP contribution in [0.4, 0.5) is 0 Å². The Kier molecular flexibility index (Phi) is 3.11. The first-order valence-corrected chi connectivity index (χ1v) is 3.02. The summed E-state index contributed by atoms with van der Waals surface area (Å²) in [5.41, 5.74) is 0. The van der Waals surface area contributed by atoms with Crippen molar-refractivity contribution in [3.8, 4) is 0 Å². The van der Waals surface area contributed by atoms with Crippen molar-refractivity contribution in [2.75, 3.05) is 34.3 Å². The number of hydrogen-bond acceptors (Lipinski definition) is 1. The standard InChI is InChI=1S/C6H15NO2/c1-7(2,3)4-6(9)5-8/h6,9H,4-5H2,1-3H3/q+1. The molecule has 0 saturated carbocycles. The molecular weight excluding hydrogens is 118 g/mol. The molecule has 0 saturated heterocycles. The molecule has 1 N–H and O–H groups in total. The van der Waals surface area contributed by atoms with Gasteiger partial charge in [-0.1, -0.05) is 0 Å². The lowest BCUT2D eigenvalue weighted by Gasteiger charge is -2.25. The SMILES string of the molecule is C[N+](C)(C)CC(O)C[O]. The van der Waals surface area contributed by atoms with Gasteiger partial charge in [-0.05, 0) is 0 Å². The van der Waals surface area contributed by atoms with Crippen LogP contribution in [0.1, 0.15) is 0 Å². The van der Waals surface area contributed by atoms with E-state index in [1.54, 1.807) is 0 Å². The minimum absolute atomic E-state index is 0.393. The Morgan fingerprint density at radius 2 is 1.89 bits per heavy atom. The van der Waals surface area contributed by atoms with Crippen LogP contribution in [0.2, 0.25) is 0 Å². The van der Waals surface area contributed by atoms with E-state index in [-0.39, 0.29) is 0 Å². The molecule has 55 valence electrons. The molecule has 0 amide bonds. The Labute approximate surface area is 56.1 Å². The monoisotopic (exact) mass is 133 g/mol. The number of nitrogens with zero attached hydrogens (tertiary/aromatic N) is 1. The summed E-state index contributed by atoms with van der Waals surface area (Å²) < 4.78 is 0.642. The second-order valence-electron chi connectivity index (χ2n) is 3.29. The predicted octanol–water partition coefficient (Wildman–Crippen LogP) is -0.516. The molecule has 3 heteroatoms. The zero-order valence-electron chi connectivity index (χ0n) is 6.29. The summed E-state index contributed by atoms with van der Waals surface area (Å²) in [6, 6.07) is 0. The van der Waals surface area contributed by atoms with E-state index in [1.807, 2.05) is 21.1 Å². The van der Waals surface area contributed by atoms with Crippen LogP contribution in [-0.2, 0) is 5.11 Å². The van der Waals surface area contributed by atoms with Crippen LogP contribution in [0.5, 0.6) is 0 Å². The van der Waals surface area contributed by atoms with Gasteiger partial charge in [0.1, 0.15) is 19.3 Å². The van der Waals surface area contributed by atoms with Crippen molar-refractivity contribution in [3.63, 3.8) is 0 Å². The summed E-state index contributed by atoms with van der Waals surface area (Å²) in [7, 11) is 5.83. The minimum Gasteiger partial charge on any atom is -0.385 e. The van der Waals surface area contributed by atoms with Gasteiger partial charge in [0.25, 0.3) is 0 Å². The highest BCUT2D eigenvalue weighted by atomic mass is 16.3. The molecule has 1 radical (unpaired) electrons. The van der Waals surface area contributed by atoms with Crippen LogP contribution in [0.3, 0.4) is 0 Å². The molecular formula is C6H15NO2+. The van der Waals surface area contributed by atoms with E-state index < -0.39 is 12.7 Å². The Morgan fingerprint density at radius 1 is 1.44 bits per heavy atom. The molecule has 0 aliphatic carbocycles. The minimum atomic E-state index is -0.690. The van der Waals surface area contributed by atoms with Gasteiger partial charge in [0.05, 0.1) is 21.1 Å². The lowest BCUT2D eigenvalue weighted by atomic mass is 10.3. The first-order chi connectivity index (χ1) is 3.95. The van der Waals surface area contributed by atoms with Crippen molar-refractivity contribution in [2.24, 2.45) is 0 Å².